The van der Waals surface area contributed by atoms with Crippen LogP contribution in [0.4, 0.5) is 4.39 Å². The second kappa shape index (κ2) is 5.13. The van der Waals surface area contributed by atoms with E-state index in [1.165, 1.54) is 12.1 Å². The Hall–Kier alpha value is -1.69. The molecule has 0 N–H and O–H groups in total. The van der Waals surface area contributed by atoms with Crippen molar-refractivity contribution in [3.8, 4) is 22.7 Å². The molecule has 1 heterocycles. The van der Waals surface area contributed by atoms with Gasteiger partial charge in [0.2, 0.25) is 5.89 Å². The van der Waals surface area contributed by atoms with Crippen LogP contribution in [-0.4, -0.2) is 4.98 Å². The highest BCUT2D eigenvalue weighted by atomic mass is 127. The molecule has 0 bridgehead atoms. The topological polar surface area (TPSA) is 26.0 Å². The second-order valence-corrected chi connectivity index (χ2v) is 4.99. The van der Waals surface area contributed by atoms with E-state index in [2.05, 4.69) is 27.6 Å². The van der Waals surface area contributed by atoms with E-state index in [1.807, 2.05) is 30.3 Å². The van der Waals surface area contributed by atoms with Crippen molar-refractivity contribution in [2.45, 2.75) is 0 Å². The van der Waals surface area contributed by atoms with E-state index in [4.69, 9.17) is 4.42 Å². The van der Waals surface area contributed by atoms with E-state index in [9.17, 15) is 4.39 Å². The van der Waals surface area contributed by atoms with Crippen LogP contribution in [0.5, 0.6) is 0 Å². The fourth-order valence-corrected chi connectivity index (χ4v) is 2.43. The van der Waals surface area contributed by atoms with Crippen LogP contribution < -0.4 is 0 Å². The van der Waals surface area contributed by atoms with Gasteiger partial charge in [-0.15, -0.1) is 0 Å². The van der Waals surface area contributed by atoms with Crippen molar-refractivity contribution < 1.29 is 8.81 Å². The van der Waals surface area contributed by atoms with Gasteiger partial charge in [0.05, 0.1) is 0 Å². The first-order chi connectivity index (χ1) is 9.24. The molecule has 3 rings (SSSR count). The largest absolute Gasteiger partial charge is 0.430 e. The van der Waals surface area contributed by atoms with Crippen LogP contribution >= 0.6 is 22.6 Å². The summed E-state index contributed by atoms with van der Waals surface area (Å²) in [5.41, 5.74) is 2.50. The molecule has 0 spiro atoms. The molecule has 0 aliphatic rings. The maximum Gasteiger partial charge on any atom is 0.228 e. The van der Waals surface area contributed by atoms with Gasteiger partial charge in [-0.1, -0.05) is 18.2 Å². The molecule has 0 aliphatic carbocycles. The molecule has 0 fully saturated rings. The third kappa shape index (κ3) is 2.53. The molecule has 19 heavy (non-hydrogen) atoms. The quantitative estimate of drug-likeness (QED) is 0.613. The zero-order chi connectivity index (χ0) is 13.2. The van der Waals surface area contributed by atoms with Crippen molar-refractivity contribution in [1.82, 2.24) is 4.98 Å². The smallest absolute Gasteiger partial charge is 0.228 e. The highest BCUT2D eigenvalue weighted by molar-refractivity contribution is 14.1. The average Bonchev–Trinajstić information content (AvgIpc) is 2.83. The Bertz CT molecular complexity index is 692. The lowest BCUT2D eigenvalue weighted by Gasteiger charge is -1.95. The number of halogens is 2. The molecular formula is C15H9FINO. The lowest BCUT2D eigenvalue weighted by molar-refractivity contribution is 0.547. The Kier molecular flexibility index (Phi) is 3.33. The van der Waals surface area contributed by atoms with Gasteiger partial charge in [0, 0.05) is 33.7 Å². The molecule has 1 aromatic heterocycles. The monoisotopic (exact) mass is 365 g/mol. The van der Waals surface area contributed by atoms with Crippen molar-refractivity contribution in [3.05, 3.63) is 64.2 Å². The molecule has 0 saturated carbocycles. The van der Waals surface area contributed by atoms with Crippen LogP contribution in [0.3, 0.4) is 0 Å². The molecule has 4 heteroatoms. The zero-order valence-corrected chi connectivity index (χ0v) is 12.0. The van der Waals surface area contributed by atoms with Gasteiger partial charge in [0.15, 0.2) is 3.77 Å². The lowest BCUT2D eigenvalue weighted by atomic mass is 10.2. The number of aromatic nitrogens is 1. The van der Waals surface area contributed by atoms with Crippen LogP contribution in [0.1, 0.15) is 0 Å². The second-order valence-electron chi connectivity index (χ2n) is 4.01. The molecule has 0 unspecified atom stereocenters. The minimum atomic E-state index is -0.259. The minimum Gasteiger partial charge on any atom is -0.430 e. The van der Waals surface area contributed by atoms with Crippen LogP contribution in [0, 0.1) is 9.58 Å². The van der Waals surface area contributed by atoms with Crippen LogP contribution in [0.15, 0.2) is 59.0 Å². The SMILES string of the molecule is Fc1ccc(-c2nc(-c3ccccc3)oc2I)cc1. The zero-order valence-electron chi connectivity index (χ0n) is 9.81. The summed E-state index contributed by atoms with van der Waals surface area (Å²) in [6.45, 7) is 0. The fourth-order valence-electron chi connectivity index (χ4n) is 1.79. The van der Waals surface area contributed by atoms with Crippen molar-refractivity contribution in [2.75, 3.05) is 0 Å². The van der Waals surface area contributed by atoms with Gasteiger partial charge in [0.25, 0.3) is 0 Å². The predicted octanol–water partition coefficient (Wildman–Crippen LogP) is 4.75. The normalized spacial score (nSPS) is 10.6. The van der Waals surface area contributed by atoms with Gasteiger partial charge < -0.3 is 4.42 Å². The number of benzene rings is 2. The first kappa shape index (κ1) is 12.3. The van der Waals surface area contributed by atoms with Crippen LogP contribution in [-0.2, 0) is 0 Å². The molecule has 2 aromatic carbocycles. The Morgan fingerprint density at radius 1 is 0.895 bits per heavy atom. The molecule has 0 aliphatic heterocycles. The number of hydrogen-bond donors (Lipinski definition) is 0. The van der Waals surface area contributed by atoms with Gasteiger partial charge in [0.1, 0.15) is 11.5 Å². The Balaban J connectivity index is 2.05. The Morgan fingerprint density at radius 3 is 2.26 bits per heavy atom. The third-order valence-electron chi connectivity index (χ3n) is 2.72. The first-order valence-corrected chi connectivity index (χ1v) is 6.79. The number of hydrogen-bond acceptors (Lipinski definition) is 2. The van der Waals surface area contributed by atoms with E-state index in [1.54, 1.807) is 12.1 Å². The van der Waals surface area contributed by atoms with E-state index in [0.29, 0.717) is 9.66 Å². The summed E-state index contributed by atoms with van der Waals surface area (Å²) in [5.74, 6) is 0.315. The first-order valence-electron chi connectivity index (χ1n) is 5.72. The average molecular weight is 365 g/mol. The highest BCUT2D eigenvalue weighted by Gasteiger charge is 2.13. The van der Waals surface area contributed by atoms with E-state index in [0.717, 1.165) is 16.8 Å². The van der Waals surface area contributed by atoms with E-state index < -0.39 is 0 Å². The van der Waals surface area contributed by atoms with E-state index >= 15 is 0 Å². The molecule has 0 amide bonds. The summed E-state index contributed by atoms with van der Waals surface area (Å²) in [4.78, 5) is 4.48. The number of oxazole rings is 1. The molecule has 94 valence electrons. The van der Waals surface area contributed by atoms with Crippen LogP contribution in [0.25, 0.3) is 22.7 Å². The van der Waals surface area contributed by atoms with Crippen molar-refractivity contribution in [3.63, 3.8) is 0 Å². The highest BCUT2D eigenvalue weighted by Crippen LogP contribution is 2.29. The number of rotatable bonds is 2. The van der Waals surface area contributed by atoms with Gasteiger partial charge in [-0.3, -0.25) is 0 Å². The molecule has 2 nitrogen and oxygen atoms in total. The third-order valence-corrected chi connectivity index (χ3v) is 3.46. The Morgan fingerprint density at radius 2 is 1.58 bits per heavy atom. The van der Waals surface area contributed by atoms with Gasteiger partial charge in [-0.05, 0) is 36.4 Å². The van der Waals surface area contributed by atoms with Crippen LogP contribution in [0.2, 0.25) is 0 Å². The van der Waals surface area contributed by atoms with Crippen molar-refractivity contribution in [1.29, 1.82) is 0 Å². The number of nitrogens with zero attached hydrogens (tertiary/aromatic N) is 1. The summed E-state index contributed by atoms with van der Waals surface area (Å²) in [6.07, 6.45) is 0. The standard InChI is InChI=1S/C15H9FINO/c16-12-8-6-10(7-9-12)13-14(17)19-15(18-13)11-4-2-1-3-5-11/h1-9H. The summed E-state index contributed by atoms with van der Waals surface area (Å²) >= 11 is 2.10. The maximum absolute atomic E-state index is 12.9. The van der Waals surface area contributed by atoms with Gasteiger partial charge >= 0.3 is 0 Å². The van der Waals surface area contributed by atoms with Gasteiger partial charge in [-0.2, -0.15) is 0 Å². The van der Waals surface area contributed by atoms with Crippen molar-refractivity contribution >= 4 is 22.6 Å². The van der Waals surface area contributed by atoms with E-state index in [-0.39, 0.29) is 5.82 Å². The lowest BCUT2D eigenvalue weighted by Crippen LogP contribution is -1.82. The minimum absolute atomic E-state index is 0.259. The maximum atomic E-state index is 12.9. The molecule has 3 aromatic rings. The Labute approximate surface area is 123 Å². The van der Waals surface area contributed by atoms with Gasteiger partial charge in [-0.25, -0.2) is 9.37 Å². The molecule has 0 radical (unpaired) electrons. The summed E-state index contributed by atoms with van der Waals surface area (Å²) in [6, 6.07) is 15.9. The predicted molar refractivity (Wildman–Crippen MR) is 80.1 cm³/mol. The molecule has 0 atom stereocenters. The summed E-state index contributed by atoms with van der Waals surface area (Å²) in [7, 11) is 0. The fraction of sp³-hybridized carbons (Fsp3) is 0. The summed E-state index contributed by atoms with van der Waals surface area (Å²) in [5, 5.41) is 0. The van der Waals surface area contributed by atoms with Crippen molar-refractivity contribution in [2.24, 2.45) is 0 Å². The summed E-state index contributed by atoms with van der Waals surface area (Å²) < 4.78 is 19.3. The molecule has 0 saturated heterocycles. The molecular weight excluding hydrogens is 356 g/mol.